The maximum Gasteiger partial charge on any atom is 0.402 e. The van der Waals surface area contributed by atoms with E-state index in [1.165, 1.54) is 0 Å². The second-order valence-corrected chi connectivity index (χ2v) is 7.51. The zero-order chi connectivity index (χ0) is 27.7. The average molecular weight is 555 g/mol. The summed E-state index contributed by atoms with van der Waals surface area (Å²) in [6, 6.07) is 0. The van der Waals surface area contributed by atoms with Gasteiger partial charge in [-0.1, -0.05) is 0 Å². The molecule has 0 aromatic heterocycles. The van der Waals surface area contributed by atoms with E-state index in [1.807, 2.05) is 19.4 Å². The topological polar surface area (TPSA) is 73.8 Å². The first-order valence-electron chi connectivity index (χ1n) is 7.71. The molecule has 0 aromatic rings. The molecule has 0 radical (unpaired) electrons. The summed E-state index contributed by atoms with van der Waals surface area (Å²) in [5.74, 6) is -40.6. The van der Waals surface area contributed by atoms with Crippen LogP contribution in [-0.4, -0.2) is 74.3 Å². The van der Waals surface area contributed by atoms with E-state index < -0.39 is 70.2 Å². The highest BCUT2D eigenvalue weighted by molar-refractivity contribution is 7.86. The van der Waals surface area contributed by atoms with Crippen LogP contribution in [0.2, 0.25) is 0 Å². The Labute approximate surface area is 174 Å². The molecule has 0 aliphatic rings. The fourth-order valence-corrected chi connectivity index (χ4v) is 2.05. The molecular formula is C12H13F16NO3S. The zero-order valence-corrected chi connectivity index (χ0v) is 16.6. The fourth-order valence-electron chi connectivity index (χ4n) is 1.61. The van der Waals surface area contributed by atoms with E-state index in [0.29, 0.717) is 0 Å². The minimum Gasteiger partial charge on any atom is -0.743 e. The Kier molecular flexibility index (Phi) is 10.1. The van der Waals surface area contributed by atoms with Crippen LogP contribution in [0.1, 0.15) is 12.8 Å². The summed E-state index contributed by atoms with van der Waals surface area (Å²) in [4.78, 5) is 0. The van der Waals surface area contributed by atoms with Gasteiger partial charge in [-0.05, 0) is 6.42 Å². The molecule has 33 heavy (non-hydrogen) atoms. The normalized spacial score (nSPS) is 16.2. The number of hydrogen-bond donors (Lipinski definition) is 1. The molecular weight excluding hydrogens is 542 g/mol. The Balaban J connectivity index is 0. The smallest absolute Gasteiger partial charge is 0.402 e. The molecule has 0 spiro atoms. The second-order valence-electron chi connectivity index (χ2n) is 6.09. The highest BCUT2D eigenvalue weighted by Gasteiger charge is 2.91. The van der Waals surface area contributed by atoms with Crippen LogP contribution in [-0.2, 0) is 10.1 Å². The summed E-state index contributed by atoms with van der Waals surface area (Å²) in [5.41, 5.74) is 0. The number of quaternary nitrogens is 1. The molecule has 1 unspecified atom stereocenters. The molecule has 1 atom stereocenters. The van der Waals surface area contributed by atoms with Crippen molar-refractivity contribution in [1.82, 2.24) is 0 Å². The number of alkyl halides is 16. The van der Waals surface area contributed by atoms with Crippen LogP contribution in [0.5, 0.6) is 0 Å². The van der Waals surface area contributed by atoms with E-state index in [-0.39, 0.29) is 0 Å². The summed E-state index contributed by atoms with van der Waals surface area (Å²) in [6.07, 6.45) is -16.1. The van der Waals surface area contributed by atoms with Gasteiger partial charge in [-0.2, -0.15) is 65.9 Å². The molecule has 202 valence electrons. The molecule has 0 aliphatic heterocycles. The summed E-state index contributed by atoms with van der Waals surface area (Å²) in [7, 11) is -4.00. The molecule has 0 heterocycles. The van der Waals surface area contributed by atoms with E-state index in [0.717, 1.165) is 0 Å². The summed E-state index contributed by atoms with van der Waals surface area (Å²) in [6.45, 7) is 0. The van der Waals surface area contributed by atoms with Crippen molar-refractivity contribution in [3.63, 3.8) is 0 Å². The van der Waals surface area contributed by atoms with Crippen LogP contribution in [0, 0.1) is 0 Å². The first kappa shape index (κ1) is 33.9. The zero-order valence-electron chi connectivity index (χ0n) is 15.7. The SMILES string of the molecule is C[NH2+]C.O=S(=O)([O-])C(F)(F)C(F)(F)C(F)(F)C(F)(F)C(F)(F)C(F)(F)C(F)CCC(F)(F)F. The van der Waals surface area contributed by atoms with Crippen molar-refractivity contribution in [2.75, 3.05) is 14.1 Å². The Morgan fingerprint density at radius 1 is 0.697 bits per heavy atom. The monoisotopic (exact) mass is 555 g/mol. The van der Waals surface area contributed by atoms with Crippen molar-refractivity contribution >= 4 is 10.1 Å². The largest absolute Gasteiger partial charge is 0.743 e. The molecule has 0 fully saturated rings. The molecule has 0 aliphatic carbocycles. The van der Waals surface area contributed by atoms with E-state index >= 15 is 0 Å². The molecule has 4 nitrogen and oxygen atoms in total. The van der Waals surface area contributed by atoms with Crippen LogP contribution in [0.25, 0.3) is 0 Å². The third-order valence-electron chi connectivity index (χ3n) is 3.36. The molecule has 2 N–H and O–H groups in total. The second kappa shape index (κ2) is 9.78. The maximum atomic E-state index is 13.3. The van der Waals surface area contributed by atoms with Gasteiger partial charge >= 0.3 is 41.0 Å². The van der Waals surface area contributed by atoms with Gasteiger partial charge in [-0.15, -0.1) is 0 Å². The standard InChI is InChI=1S/C10H6F16O3S.C2H7N/c11-3(1-2-4(12,13)14)5(15,16)6(17,18)7(19,20)8(21,22)9(23,24)10(25,26)30(27,28)29;1-3-2/h3H,1-2H2,(H,27,28,29);3H,1-2H3. The van der Waals surface area contributed by atoms with Gasteiger partial charge < -0.3 is 9.87 Å². The fraction of sp³-hybridized carbons (Fsp3) is 1.00. The lowest BCUT2D eigenvalue weighted by Crippen LogP contribution is -2.74. The highest BCUT2D eigenvalue weighted by Crippen LogP contribution is 2.61. The Morgan fingerprint density at radius 3 is 1.27 bits per heavy atom. The molecule has 0 rings (SSSR count). The molecule has 21 heteroatoms. The third kappa shape index (κ3) is 6.06. The van der Waals surface area contributed by atoms with Crippen LogP contribution < -0.4 is 5.32 Å². The van der Waals surface area contributed by atoms with E-state index in [1.54, 1.807) is 0 Å². The van der Waals surface area contributed by atoms with Gasteiger partial charge in [-0.3, -0.25) is 0 Å². The van der Waals surface area contributed by atoms with Gasteiger partial charge in [0.2, 0.25) is 0 Å². The van der Waals surface area contributed by atoms with Gasteiger partial charge in [0, 0.05) is 6.42 Å². The minimum atomic E-state index is -8.47. The van der Waals surface area contributed by atoms with Gasteiger partial charge in [0.15, 0.2) is 16.3 Å². The van der Waals surface area contributed by atoms with Crippen LogP contribution >= 0.6 is 0 Å². The lowest BCUT2D eigenvalue weighted by molar-refractivity contribution is -0.597. The third-order valence-corrected chi connectivity index (χ3v) is 4.24. The van der Waals surface area contributed by atoms with Gasteiger partial charge in [0.25, 0.3) is 0 Å². The number of hydrogen-bond acceptors (Lipinski definition) is 3. The van der Waals surface area contributed by atoms with Gasteiger partial charge in [0.05, 0.1) is 14.1 Å². The molecule has 0 amide bonds. The summed E-state index contributed by atoms with van der Waals surface area (Å²) >= 11 is 0. The van der Waals surface area contributed by atoms with Gasteiger partial charge in [-0.25, -0.2) is 12.8 Å². The van der Waals surface area contributed by atoms with E-state index in [9.17, 15) is 83.2 Å². The Bertz CT molecular complexity index is 748. The average Bonchev–Trinajstić information content (AvgIpc) is 2.57. The lowest BCUT2D eigenvalue weighted by atomic mass is 9.91. The Morgan fingerprint density at radius 2 is 1.00 bits per heavy atom. The Hall–Kier alpha value is -1.25. The van der Waals surface area contributed by atoms with Crippen molar-refractivity contribution in [2.45, 2.75) is 60.1 Å². The molecule has 0 aromatic carbocycles. The van der Waals surface area contributed by atoms with Crippen molar-refractivity contribution in [1.29, 1.82) is 0 Å². The predicted molar refractivity (Wildman–Crippen MR) is 73.3 cm³/mol. The maximum absolute atomic E-state index is 13.3. The van der Waals surface area contributed by atoms with Crippen molar-refractivity contribution in [3.05, 3.63) is 0 Å². The van der Waals surface area contributed by atoms with Crippen molar-refractivity contribution < 1.29 is 88.5 Å². The minimum absolute atomic E-state index is 2.00. The van der Waals surface area contributed by atoms with Crippen LogP contribution in [0.3, 0.4) is 0 Å². The molecule has 0 saturated carbocycles. The summed E-state index contributed by atoms with van der Waals surface area (Å²) < 4.78 is 235. The first-order chi connectivity index (χ1) is 14.0. The van der Waals surface area contributed by atoms with Crippen LogP contribution in [0.15, 0.2) is 0 Å². The number of halogens is 16. The molecule has 0 saturated heterocycles. The number of nitrogens with two attached hydrogens (primary N) is 1. The highest BCUT2D eigenvalue weighted by atomic mass is 32.2. The van der Waals surface area contributed by atoms with E-state index in [2.05, 4.69) is 0 Å². The van der Waals surface area contributed by atoms with Gasteiger partial charge in [0.1, 0.15) is 0 Å². The predicted octanol–water partition coefficient (Wildman–Crippen LogP) is 3.79. The quantitative estimate of drug-likeness (QED) is 0.348. The molecule has 0 bridgehead atoms. The van der Waals surface area contributed by atoms with Crippen LogP contribution in [0.4, 0.5) is 70.2 Å². The first-order valence-corrected chi connectivity index (χ1v) is 9.12. The number of rotatable bonds is 9. The summed E-state index contributed by atoms with van der Waals surface area (Å²) in [5, 5.41) is -5.77. The van der Waals surface area contributed by atoms with E-state index in [4.69, 9.17) is 0 Å². The lowest BCUT2D eigenvalue weighted by Gasteiger charge is -2.42. The van der Waals surface area contributed by atoms with Crippen molar-refractivity contribution in [3.8, 4) is 0 Å². The van der Waals surface area contributed by atoms with Crippen molar-refractivity contribution in [2.24, 2.45) is 0 Å².